The van der Waals surface area contributed by atoms with E-state index in [2.05, 4.69) is 5.92 Å². The zero-order valence-electron chi connectivity index (χ0n) is 5.15. The molecule has 44 valence electrons. The summed E-state index contributed by atoms with van der Waals surface area (Å²) in [5.74, 6) is 2.51. The Morgan fingerprint density at radius 3 is 2.88 bits per heavy atom. The molecule has 0 saturated heterocycles. The third kappa shape index (κ3) is 3.45. The molecule has 1 heteroatoms. The average molecular weight is 109 g/mol. The van der Waals surface area contributed by atoms with Crippen molar-refractivity contribution in [3.8, 4) is 12.3 Å². The molecule has 0 aliphatic rings. The van der Waals surface area contributed by atoms with E-state index in [0.717, 1.165) is 12.0 Å². The zero-order valence-corrected chi connectivity index (χ0v) is 5.15. The lowest BCUT2D eigenvalue weighted by Crippen LogP contribution is -1.95. The summed E-state index contributed by atoms with van der Waals surface area (Å²) in [7, 11) is 0. The molecular weight excluding hydrogens is 98.1 g/mol. The summed E-state index contributed by atoms with van der Waals surface area (Å²) in [6.45, 7) is 2.58. The normalized spacial score (nSPS) is 10.9. The van der Waals surface area contributed by atoms with Crippen molar-refractivity contribution in [2.75, 3.05) is 6.54 Å². The SMILES string of the molecule is C#C/C(C)=C/CCN. The fourth-order valence-corrected chi connectivity index (χ4v) is 0.359. The number of terminal acetylenes is 1. The van der Waals surface area contributed by atoms with Crippen LogP contribution in [0.15, 0.2) is 11.6 Å². The molecule has 0 unspecified atom stereocenters. The molecule has 2 N–H and O–H groups in total. The molecule has 0 spiro atoms. The van der Waals surface area contributed by atoms with Gasteiger partial charge in [0.05, 0.1) is 0 Å². The summed E-state index contributed by atoms with van der Waals surface area (Å²) in [6.07, 6.45) is 7.90. The molecule has 0 bridgehead atoms. The third-order valence-corrected chi connectivity index (χ3v) is 0.845. The second-order valence-corrected chi connectivity index (χ2v) is 1.61. The Labute approximate surface area is 50.6 Å². The summed E-state index contributed by atoms with van der Waals surface area (Å²) in [6, 6.07) is 0. The molecule has 0 saturated carbocycles. The topological polar surface area (TPSA) is 26.0 Å². The van der Waals surface area contributed by atoms with Crippen molar-refractivity contribution in [1.82, 2.24) is 0 Å². The third-order valence-electron chi connectivity index (χ3n) is 0.845. The molecule has 1 nitrogen and oxygen atoms in total. The monoisotopic (exact) mass is 109 g/mol. The standard InChI is InChI=1S/C7H11N/c1-3-7(2)5-4-6-8/h1,5H,4,6,8H2,2H3/b7-5+. The zero-order chi connectivity index (χ0) is 6.41. The van der Waals surface area contributed by atoms with Gasteiger partial charge >= 0.3 is 0 Å². The lowest BCUT2D eigenvalue weighted by Gasteiger charge is -1.85. The summed E-state index contributed by atoms with van der Waals surface area (Å²) >= 11 is 0. The minimum absolute atomic E-state index is 0.680. The molecule has 0 aromatic carbocycles. The van der Waals surface area contributed by atoms with Crippen LogP contribution in [-0.2, 0) is 0 Å². The van der Waals surface area contributed by atoms with Crippen LogP contribution >= 0.6 is 0 Å². The number of hydrogen-bond acceptors (Lipinski definition) is 1. The van der Waals surface area contributed by atoms with Gasteiger partial charge in [0.2, 0.25) is 0 Å². The van der Waals surface area contributed by atoms with Crippen molar-refractivity contribution in [3.05, 3.63) is 11.6 Å². The van der Waals surface area contributed by atoms with Crippen molar-refractivity contribution >= 4 is 0 Å². The Balaban J connectivity index is 3.46. The van der Waals surface area contributed by atoms with Crippen molar-refractivity contribution in [1.29, 1.82) is 0 Å². The van der Waals surface area contributed by atoms with Gasteiger partial charge in [-0.15, -0.1) is 6.42 Å². The lowest BCUT2D eigenvalue weighted by molar-refractivity contribution is 1.00. The van der Waals surface area contributed by atoms with E-state index in [9.17, 15) is 0 Å². The number of rotatable bonds is 2. The van der Waals surface area contributed by atoms with Crippen LogP contribution in [0.25, 0.3) is 0 Å². The number of allylic oxidation sites excluding steroid dienone is 1. The van der Waals surface area contributed by atoms with Crippen LogP contribution in [0.2, 0.25) is 0 Å². The summed E-state index contributed by atoms with van der Waals surface area (Å²) < 4.78 is 0. The van der Waals surface area contributed by atoms with Crippen LogP contribution in [-0.4, -0.2) is 6.54 Å². The molecule has 0 aliphatic heterocycles. The molecule has 0 aromatic heterocycles. The number of hydrogen-bond donors (Lipinski definition) is 1. The highest BCUT2D eigenvalue weighted by molar-refractivity contribution is 5.22. The maximum atomic E-state index is 5.22. The van der Waals surface area contributed by atoms with Gasteiger partial charge in [-0.2, -0.15) is 0 Å². The first kappa shape index (κ1) is 7.26. The maximum absolute atomic E-state index is 5.22. The quantitative estimate of drug-likeness (QED) is 0.524. The van der Waals surface area contributed by atoms with Gasteiger partial charge in [0.15, 0.2) is 0 Å². The smallest absolute Gasteiger partial charge is 0.00422 e. The molecule has 0 aromatic rings. The maximum Gasteiger partial charge on any atom is -0.00422 e. The largest absolute Gasteiger partial charge is 0.330 e. The minimum atomic E-state index is 0.680. The van der Waals surface area contributed by atoms with Gasteiger partial charge < -0.3 is 5.73 Å². The molecule has 0 heterocycles. The van der Waals surface area contributed by atoms with Gasteiger partial charge in [-0.3, -0.25) is 0 Å². The van der Waals surface area contributed by atoms with Gasteiger partial charge in [-0.1, -0.05) is 12.0 Å². The first-order valence-corrected chi connectivity index (χ1v) is 2.64. The van der Waals surface area contributed by atoms with E-state index >= 15 is 0 Å². The van der Waals surface area contributed by atoms with Crippen LogP contribution in [0.3, 0.4) is 0 Å². The van der Waals surface area contributed by atoms with Crippen LogP contribution in [0.1, 0.15) is 13.3 Å². The Hall–Kier alpha value is -0.740. The fraction of sp³-hybridized carbons (Fsp3) is 0.429. The summed E-state index contributed by atoms with van der Waals surface area (Å²) in [4.78, 5) is 0. The van der Waals surface area contributed by atoms with E-state index in [1.54, 1.807) is 0 Å². The van der Waals surface area contributed by atoms with E-state index in [0.29, 0.717) is 6.54 Å². The van der Waals surface area contributed by atoms with E-state index in [4.69, 9.17) is 12.2 Å². The number of nitrogens with two attached hydrogens (primary N) is 1. The Morgan fingerprint density at radius 2 is 2.50 bits per heavy atom. The van der Waals surface area contributed by atoms with Gasteiger partial charge in [0.1, 0.15) is 0 Å². The predicted molar refractivity (Wildman–Crippen MR) is 36.3 cm³/mol. The van der Waals surface area contributed by atoms with Crippen LogP contribution < -0.4 is 5.73 Å². The second-order valence-electron chi connectivity index (χ2n) is 1.61. The Kier molecular flexibility index (Phi) is 4.01. The highest BCUT2D eigenvalue weighted by Gasteiger charge is 1.76. The van der Waals surface area contributed by atoms with Crippen molar-refractivity contribution in [2.45, 2.75) is 13.3 Å². The first-order valence-electron chi connectivity index (χ1n) is 2.64. The molecule has 0 aliphatic carbocycles. The average Bonchev–Trinajstić information content (AvgIpc) is 1.83. The van der Waals surface area contributed by atoms with Gasteiger partial charge in [0.25, 0.3) is 0 Å². The highest BCUT2D eigenvalue weighted by Crippen LogP contribution is 1.89. The summed E-state index contributed by atoms with van der Waals surface area (Å²) in [5, 5.41) is 0. The molecule has 0 radical (unpaired) electrons. The van der Waals surface area contributed by atoms with E-state index in [-0.39, 0.29) is 0 Å². The Morgan fingerprint density at radius 1 is 1.88 bits per heavy atom. The lowest BCUT2D eigenvalue weighted by atomic mass is 10.2. The molecule has 0 atom stereocenters. The predicted octanol–water partition coefficient (Wildman–Crippen LogP) is 0.915. The molecule has 0 amide bonds. The second kappa shape index (κ2) is 4.42. The minimum Gasteiger partial charge on any atom is -0.330 e. The van der Waals surface area contributed by atoms with Crippen molar-refractivity contribution in [2.24, 2.45) is 5.73 Å². The van der Waals surface area contributed by atoms with Gasteiger partial charge in [-0.25, -0.2) is 0 Å². The fourth-order valence-electron chi connectivity index (χ4n) is 0.359. The van der Waals surface area contributed by atoms with Crippen LogP contribution in [0.4, 0.5) is 0 Å². The van der Waals surface area contributed by atoms with Crippen molar-refractivity contribution < 1.29 is 0 Å². The first-order chi connectivity index (χ1) is 3.81. The van der Waals surface area contributed by atoms with E-state index in [1.807, 2.05) is 13.0 Å². The highest BCUT2D eigenvalue weighted by atomic mass is 14.5. The van der Waals surface area contributed by atoms with E-state index < -0.39 is 0 Å². The van der Waals surface area contributed by atoms with Gasteiger partial charge in [0, 0.05) is 0 Å². The van der Waals surface area contributed by atoms with E-state index in [1.165, 1.54) is 0 Å². The molecule has 8 heavy (non-hydrogen) atoms. The molecule has 0 fully saturated rings. The summed E-state index contributed by atoms with van der Waals surface area (Å²) in [5.41, 5.74) is 6.19. The van der Waals surface area contributed by atoms with Crippen molar-refractivity contribution in [3.63, 3.8) is 0 Å². The van der Waals surface area contributed by atoms with Gasteiger partial charge in [-0.05, 0) is 25.5 Å². The Bertz CT molecular complexity index is 117. The molecule has 0 rings (SSSR count). The molecular formula is C7H11N. The van der Waals surface area contributed by atoms with Crippen LogP contribution in [0.5, 0.6) is 0 Å². The van der Waals surface area contributed by atoms with Crippen LogP contribution in [0, 0.1) is 12.3 Å².